The summed E-state index contributed by atoms with van der Waals surface area (Å²) in [5.74, 6) is -1.14. The van der Waals surface area contributed by atoms with Gasteiger partial charge in [0.2, 0.25) is 0 Å². The molecule has 2 aromatic rings. The fraction of sp³-hybridized carbons (Fsp3) is 0.143. The molecular weight excluding hydrogens is 333 g/mol. The van der Waals surface area contributed by atoms with Crippen LogP contribution >= 0.6 is 0 Å². The summed E-state index contributed by atoms with van der Waals surface area (Å²) in [5.41, 5.74) is -1.39. The molecule has 0 fully saturated rings. The van der Waals surface area contributed by atoms with Gasteiger partial charge in [-0.1, -0.05) is 17.7 Å². The normalized spacial score (nSPS) is 11.8. The number of aromatic nitrogens is 1. The minimum atomic E-state index is -4.90. The summed E-state index contributed by atoms with van der Waals surface area (Å²) >= 11 is 0. The van der Waals surface area contributed by atoms with E-state index >= 15 is 0 Å². The van der Waals surface area contributed by atoms with Gasteiger partial charge in [0.25, 0.3) is 0 Å². The lowest BCUT2D eigenvalue weighted by atomic mass is 10.2. The average Bonchev–Trinajstić information content (AvgIpc) is 2.46. The summed E-state index contributed by atoms with van der Waals surface area (Å²) in [7, 11) is -4.54. The van der Waals surface area contributed by atoms with E-state index in [0.29, 0.717) is 6.07 Å². The smallest absolute Gasteiger partial charge is 0.375 e. The van der Waals surface area contributed by atoms with Crippen molar-refractivity contribution in [2.24, 2.45) is 0 Å². The highest BCUT2D eigenvalue weighted by Crippen LogP contribution is 2.38. The van der Waals surface area contributed by atoms with Crippen LogP contribution in [0.15, 0.2) is 41.4 Å². The van der Waals surface area contributed by atoms with Crippen LogP contribution in [-0.4, -0.2) is 13.4 Å². The average molecular weight is 342 g/mol. The third-order valence-corrected chi connectivity index (χ3v) is 4.05. The molecule has 0 unspecified atom stereocenters. The number of pyridine rings is 1. The van der Waals surface area contributed by atoms with Crippen molar-refractivity contribution in [3.8, 4) is 11.8 Å². The van der Waals surface area contributed by atoms with E-state index < -0.39 is 33.3 Å². The van der Waals surface area contributed by atoms with Crippen molar-refractivity contribution in [1.82, 2.24) is 4.98 Å². The van der Waals surface area contributed by atoms with Gasteiger partial charge >= 0.3 is 16.3 Å². The van der Waals surface area contributed by atoms with Gasteiger partial charge in [0, 0.05) is 6.20 Å². The monoisotopic (exact) mass is 342 g/mol. The molecule has 0 aliphatic rings. The summed E-state index contributed by atoms with van der Waals surface area (Å²) in [5, 5.41) is 8.86. The zero-order valence-electron chi connectivity index (χ0n) is 11.6. The Balaban J connectivity index is 2.55. The van der Waals surface area contributed by atoms with E-state index in [1.54, 1.807) is 6.92 Å². The first kappa shape index (κ1) is 16.8. The molecule has 9 heteroatoms. The minimum absolute atomic E-state index is 0.330. The van der Waals surface area contributed by atoms with E-state index in [1.807, 2.05) is 0 Å². The van der Waals surface area contributed by atoms with E-state index in [0.717, 1.165) is 11.8 Å². The Bertz CT molecular complexity index is 870. The van der Waals surface area contributed by atoms with Crippen molar-refractivity contribution in [3.05, 3.63) is 53.3 Å². The number of alkyl halides is 3. The van der Waals surface area contributed by atoms with Crippen molar-refractivity contribution >= 4 is 10.1 Å². The fourth-order valence-electron chi connectivity index (χ4n) is 1.70. The molecule has 23 heavy (non-hydrogen) atoms. The first-order valence-corrected chi connectivity index (χ1v) is 7.53. The number of rotatable bonds is 3. The Morgan fingerprint density at radius 3 is 2.30 bits per heavy atom. The fourth-order valence-corrected chi connectivity index (χ4v) is 2.65. The Labute approximate surface area is 130 Å². The zero-order chi connectivity index (χ0) is 17.3. The van der Waals surface area contributed by atoms with E-state index in [2.05, 4.69) is 9.17 Å². The molecule has 0 saturated carbocycles. The molecule has 1 aromatic heterocycles. The van der Waals surface area contributed by atoms with Gasteiger partial charge in [-0.2, -0.15) is 26.9 Å². The number of hydrogen-bond donors (Lipinski definition) is 0. The summed E-state index contributed by atoms with van der Waals surface area (Å²) < 4.78 is 67.8. The third-order valence-electron chi connectivity index (χ3n) is 2.82. The molecule has 5 nitrogen and oxygen atoms in total. The van der Waals surface area contributed by atoms with Crippen LogP contribution in [0.3, 0.4) is 0 Å². The van der Waals surface area contributed by atoms with Gasteiger partial charge in [-0.25, -0.2) is 4.98 Å². The predicted molar refractivity (Wildman–Crippen MR) is 72.9 cm³/mol. The maximum atomic E-state index is 13.0. The van der Waals surface area contributed by atoms with Gasteiger partial charge in [-0.05, 0) is 25.1 Å². The van der Waals surface area contributed by atoms with Crippen LogP contribution in [0.25, 0.3) is 0 Å². The maximum absolute atomic E-state index is 13.0. The molecule has 0 bridgehead atoms. The Hall–Kier alpha value is -2.60. The molecule has 0 aliphatic carbocycles. The van der Waals surface area contributed by atoms with Gasteiger partial charge in [0.1, 0.15) is 16.5 Å². The lowest BCUT2D eigenvalue weighted by Gasteiger charge is -2.14. The molecule has 0 spiro atoms. The quantitative estimate of drug-likeness (QED) is 0.801. The van der Waals surface area contributed by atoms with E-state index in [9.17, 15) is 21.6 Å². The van der Waals surface area contributed by atoms with Gasteiger partial charge in [-0.15, -0.1) is 0 Å². The number of nitrogens with zero attached hydrogens (tertiary/aromatic N) is 2. The van der Waals surface area contributed by atoms with Crippen LogP contribution in [-0.2, 0) is 16.3 Å². The molecule has 0 N–H and O–H groups in total. The Kier molecular flexibility index (Phi) is 4.29. The minimum Gasteiger partial charge on any atom is -0.375 e. The number of nitriles is 1. The van der Waals surface area contributed by atoms with Crippen LogP contribution in [0.2, 0.25) is 0 Å². The molecule has 0 radical (unpaired) electrons. The highest BCUT2D eigenvalue weighted by molar-refractivity contribution is 7.87. The standard InChI is InChI=1S/C14H9F3N2O3S/c1-9-2-4-10(5-3-9)23(20,21)22-13-11(14(15,16)17)6-7-19-12(13)8-18/h2-7H,1H3. The Morgan fingerprint density at radius 2 is 1.78 bits per heavy atom. The van der Waals surface area contributed by atoms with Gasteiger partial charge < -0.3 is 4.18 Å². The molecule has 0 aliphatic heterocycles. The number of aryl methyl sites for hydroxylation is 1. The molecular formula is C14H9F3N2O3S. The van der Waals surface area contributed by atoms with Crippen LogP contribution in [0.1, 0.15) is 16.8 Å². The highest BCUT2D eigenvalue weighted by atomic mass is 32.2. The summed E-state index contributed by atoms with van der Waals surface area (Å²) in [6.45, 7) is 1.72. The lowest BCUT2D eigenvalue weighted by Crippen LogP contribution is -2.16. The molecule has 0 saturated heterocycles. The van der Waals surface area contributed by atoms with Crippen LogP contribution < -0.4 is 4.18 Å². The van der Waals surface area contributed by atoms with Crippen LogP contribution in [0, 0.1) is 18.3 Å². The molecule has 0 amide bonds. The van der Waals surface area contributed by atoms with Gasteiger partial charge in [-0.3, -0.25) is 0 Å². The number of halogens is 3. The van der Waals surface area contributed by atoms with E-state index in [1.165, 1.54) is 30.3 Å². The predicted octanol–water partition coefficient (Wildman–Crippen LogP) is 3.05. The van der Waals surface area contributed by atoms with Gasteiger partial charge in [0.15, 0.2) is 11.4 Å². The van der Waals surface area contributed by atoms with Crippen LogP contribution in [0.4, 0.5) is 13.2 Å². The third kappa shape index (κ3) is 3.60. The van der Waals surface area contributed by atoms with Crippen molar-refractivity contribution in [2.45, 2.75) is 18.0 Å². The summed E-state index contributed by atoms with van der Waals surface area (Å²) in [6, 6.07) is 7.26. The summed E-state index contributed by atoms with van der Waals surface area (Å²) in [4.78, 5) is 3.08. The second-order valence-electron chi connectivity index (χ2n) is 4.50. The van der Waals surface area contributed by atoms with Crippen molar-refractivity contribution in [3.63, 3.8) is 0 Å². The maximum Gasteiger partial charge on any atom is 0.420 e. The first-order chi connectivity index (χ1) is 10.6. The van der Waals surface area contributed by atoms with E-state index in [-0.39, 0.29) is 4.90 Å². The molecule has 0 atom stereocenters. The van der Waals surface area contributed by atoms with Crippen molar-refractivity contribution < 1.29 is 25.8 Å². The number of hydrogen-bond acceptors (Lipinski definition) is 5. The van der Waals surface area contributed by atoms with Crippen LogP contribution in [0.5, 0.6) is 5.75 Å². The molecule has 2 rings (SSSR count). The largest absolute Gasteiger partial charge is 0.420 e. The second kappa shape index (κ2) is 5.89. The van der Waals surface area contributed by atoms with Gasteiger partial charge in [0.05, 0.1) is 0 Å². The molecule has 1 heterocycles. The van der Waals surface area contributed by atoms with Crippen molar-refractivity contribution in [1.29, 1.82) is 5.26 Å². The number of benzene rings is 1. The first-order valence-electron chi connectivity index (χ1n) is 6.12. The molecule has 120 valence electrons. The Morgan fingerprint density at radius 1 is 1.17 bits per heavy atom. The lowest BCUT2D eigenvalue weighted by molar-refractivity contribution is -0.138. The second-order valence-corrected chi connectivity index (χ2v) is 6.04. The summed E-state index contributed by atoms with van der Waals surface area (Å²) in [6.07, 6.45) is -4.14. The topological polar surface area (TPSA) is 80.1 Å². The SMILES string of the molecule is Cc1ccc(S(=O)(=O)Oc2c(C(F)(F)F)ccnc2C#N)cc1. The highest BCUT2D eigenvalue weighted by Gasteiger charge is 2.37. The van der Waals surface area contributed by atoms with Crippen molar-refractivity contribution in [2.75, 3.05) is 0 Å². The zero-order valence-corrected chi connectivity index (χ0v) is 12.4. The molecule has 1 aromatic carbocycles. The van der Waals surface area contributed by atoms with E-state index in [4.69, 9.17) is 5.26 Å².